The first-order valence-corrected chi connectivity index (χ1v) is 10.1. The van der Waals surface area contributed by atoms with Gasteiger partial charge in [-0.1, -0.05) is 32.9 Å². The van der Waals surface area contributed by atoms with Gasteiger partial charge in [0.05, 0.1) is 0 Å². The molecule has 0 N–H and O–H groups in total. The Hall–Kier alpha value is -2.47. The molecule has 0 radical (unpaired) electrons. The van der Waals surface area contributed by atoms with Crippen molar-refractivity contribution in [3.8, 4) is 0 Å². The fourth-order valence-electron chi connectivity index (χ4n) is 4.07. The Morgan fingerprint density at radius 1 is 0.964 bits per heavy atom. The molecule has 0 bridgehead atoms. The molecule has 2 aromatic rings. The molecule has 1 unspecified atom stereocenters. The molecule has 28 heavy (non-hydrogen) atoms. The minimum atomic E-state index is 0.123. The quantitative estimate of drug-likeness (QED) is 0.821. The van der Waals surface area contributed by atoms with Crippen LogP contribution in [0.5, 0.6) is 0 Å². The maximum Gasteiger partial charge on any atom is 0.228 e. The Morgan fingerprint density at radius 3 is 2.21 bits per heavy atom. The van der Waals surface area contributed by atoms with Crippen LogP contribution in [-0.4, -0.2) is 59.5 Å². The van der Waals surface area contributed by atoms with Gasteiger partial charge in [0.25, 0.3) is 0 Å². The van der Waals surface area contributed by atoms with Crippen molar-refractivity contribution in [2.75, 3.05) is 42.5 Å². The summed E-state index contributed by atoms with van der Waals surface area (Å²) in [4.78, 5) is 28.0. The fraction of sp³-hybridized carbons (Fsp3) is 0.500. The highest BCUT2D eigenvalue weighted by molar-refractivity contribution is 5.96. The Bertz CT molecular complexity index is 807. The number of rotatable bonds is 3. The Morgan fingerprint density at radius 2 is 1.61 bits per heavy atom. The average Bonchev–Trinajstić information content (AvgIpc) is 3.10. The highest BCUT2D eigenvalue weighted by atomic mass is 16.2. The number of carbonyl (C=O) groups excluding carboxylic acids is 1. The first kappa shape index (κ1) is 18.9. The van der Waals surface area contributed by atoms with E-state index in [0.717, 1.165) is 44.4 Å². The van der Waals surface area contributed by atoms with Crippen molar-refractivity contribution in [1.29, 1.82) is 0 Å². The standard InChI is InChI=1S/C22H29N5O/c1-22(2,3)17-5-7-18(8-6-17)27-16-19(15-20(27)28)25-11-13-26(14-12-25)21-23-9-4-10-24-21/h4-10,19H,11-16H2,1-3H3. The number of anilines is 2. The number of aromatic nitrogens is 2. The van der Waals surface area contributed by atoms with E-state index in [4.69, 9.17) is 0 Å². The molecule has 1 amide bonds. The van der Waals surface area contributed by atoms with Crippen LogP contribution in [0.25, 0.3) is 0 Å². The van der Waals surface area contributed by atoms with Gasteiger partial charge >= 0.3 is 0 Å². The Labute approximate surface area is 167 Å². The first-order chi connectivity index (χ1) is 13.4. The van der Waals surface area contributed by atoms with Crippen molar-refractivity contribution in [3.05, 3.63) is 48.3 Å². The molecule has 0 aliphatic carbocycles. The topological polar surface area (TPSA) is 52.6 Å². The van der Waals surface area contributed by atoms with E-state index < -0.39 is 0 Å². The molecule has 1 aromatic carbocycles. The van der Waals surface area contributed by atoms with Crippen LogP contribution >= 0.6 is 0 Å². The highest BCUT2D eigenvalue weighted by Gasteiger charge is 2.35. The lowest BCUT2D eigenvalue weighted by molar-refractivity contribution is -0.117. The molecule has 6 nitrogen and oxygen atoms in total. The van der Waals surface area contributed by atoms with Crippen LogP contribution in [0.15, 0.2) is 42.7 Å². The van der Waals surface area contributed by atoms with E-state index in [1.807, 2.05) is 11.0 Å². The number of hydrogen-bond acceptors (Lipinski definition) is 5. The summed E-state index contributed by atoms with van der Waals surface area (Å²) in [7, 11) is 0. The van der Waals surface area contributed by atoms with Gasteiger partial charge in [-0.15, -0.1) is 0 Å². The van der Waals surface area contributed by atoms with Crippen LogP contribution in [0, 0.1) is 0 Å². The maximum atomic E-state index is 12.7. The molecular formula is C22H29N5O. The van der Waals surface area contributed by atoms with Crippen LogP contribution in [0.4, 0.5) is 11.6 Å². The molecule has 1 atom stereocenters. The van der Waals surface area contributed by atoms with Gasteiger partial charge in [0.2, 0.25) is 11.9 Å². The zero-order valence-corrected chi connectivity index (χ0v) is 17.0. The number of carbonyl (C=O) groups is 1. The molecule has 1 aromatic heterocycles. The van der Waals surface area contributed by atoms with Crippen molar-refractivity contribution in [2.45, 2.75) is 38.6 Å². The minimum absolute atomic E-state index is 0.123. The van der Waals surface area contributed by atoms with E-state index in [1.54, 1.807) is 12.4 Å². The van der Waals surface area contributed by atoms with Crippen molar-refractivity contribution < 1.29 is 4.79 Å². The highest BCUT2D eigenvalue weighted by Crippen LogP contribution is 2.28. The van der Waals surface area contributed by atoms with E-state index in [-0.39, 0.29) is 17.4 Å². The number of benzene rings is 1. The predicted molar refractivity (Wildman–Crippen MR) is 112 cm³/mol. The third-order valence-electron chi connectivity index (χ3n) is 5.82. The van der Waals surface area contributed by atoms with Crippen LogP contribution < -0.4 is 9.80 Å². The van der Waals surface area contributed by atoms with E-state index in [9.17, 15) is 4.79 Å². The van der Waals surface area contributed by atoms with Crippen LogP contribution in [0.2, 0.25) is 0 Å². The van der Waals surface area contributed by atoms with E-state index in [1.165, 1.54) is 5.56 Å². The number of hydrogen-bond donors (Lipinski definition) is 0. The molecule has 3 heterocycles. The Balaban J connectivity index is 1.37. The lowest BCUT2D eigenvalue weighted by Crippen LogP contribution is -2.51. The van der Waals surface area contributed by atoms with E-state index in [0.29, 0.717) is 6.42 Å². The van der Waals surface area contributed by atoms with Gasteiger partial charge in [0.15, 0.2) is 0 Å². The van der Waals surface area contributed by atoms with Crippen molar-refractivity contribution >= 4 is 17.5 Å². The maximum absolute atomic E-state index is 12.7. The largest absolute Gasteiger partial charge is 0.338 e. The molecular weight excluding hydrogens is 350 g/mol. The molecule has 2 saturated heterocycles. The SMILES string of the molecule is CC(C)(C)c1ccc(N2CC(N3CCN(c4ncccn4)CC3)CC2=O)cc1. The zero-order valence-electron chi connectivity index (χ0n) is 17.0. The number of nitrogens with zero attached hydrogens (tertiary/aromatic N) is 5. The summed E-state index contributed by atoms with van der Waals surface area (Å²) in [5.74, 6) is 1.02. The van der Waals surface area contributed by atoms with Crippen molar-refractivity contribution in [2.24, 2.45) is 0 Å². The van der Waals surface area contributed by atoms with Gasteiger partial charge in [-0.25, -0.2) is 9.97 Å². The fourth-order valence-corrected chi connectivity index (χ4v) is 4.07. The second-order valence-corrected chi connectivity index (χ2v) is 8.73. The molecule has 0 saturated carbocycles. The van der Waals surface area contributed by atoms with Gasteiger partial charge in [-0.05, 0) is 29.2 Å². The van der Waals surface area contributed by atoms with Crippen LogP contribution in [0.1, 0.15) is 32.8 Å². The number of amides is 1. The third-order valence-corrected chi connectivity index (χ3v) is 5.82. The van der Waals surface area contributed by atoms with Crippen LogP contribution in [-0.2, 0) is 10.2 Å². The average molecular weight is 380 g/mol. The first-order valence-electron chi connectivity index (χ1n) is 10.1. The summed E-state index contributed by atoms with van der Waals surface area (Å²) in [5, 5.41) is 0. The lowest BCUT2D eigenvalue weighted by Gasteiger charge is -2.37. The monoisotopic (exact) mass is 379 g/mol. The summed E-state index contributed by atoms with van der Waals surface area (Å²) in [6.07, 6.45) is 4.17. The van der Waals surface area contributed by atoms with Crippen LogP contribution in [0.3, 0.4) is 0 Å². The van der Waals surface area contributed by atoms with Gasteiger partial charge in [-0.2, -0.15) is 0 Å². The third kappa shape index (κ3) is 3.87. The van der Waals surface area contributed by atoms with Crippen molar-refractivity contribution in [1.82, 2.24) is 14.9 Å². The second kappa shape index (κ2) is 7.51. The zero-order chi connectivity index (χ0) is 19.7. The molecule has 0 spiro atoms. The minimum Gasteiger partial charge on any atom is -0.338 e. The summed E-state index contributed by atoms with van der Waals surface area (Å²) in [6.45, 7) is 11.1. The molecule has 4 rings (SSSR count). The number of piperazine rings is 1. The van der Waals surface area contributed by atoms with Gasteiger partial charge in [0, 0.05) is 63.3 Å². The molecule has 2 aliphatic heterocycles. The molecule has 2 fully saturated rings. The second-order valence-electron chi connectivity index (χ2n) is 8.73. The van der Waals surface area contributed by atoms with Crippen molar-refractivity contribution in [3.63, 3.8) is 0 Å². The molecule has 2 aliphatic rings. The summed E-state index contributed by atoms with van der Waals surface area (Å²) in [6, 6.07) is 10.6. The lowest BCUT2D eigenvalue weighted by atomic mass is 9.87. The summed E-state index contributed by atoms with van der Waals surface area (Å²) in [5.41, 5.74) is 2.42. The van der Waals surface area contributed by atoms with E-state index in [2.05, 4.69) is 64.8 Å². The Kier molecular flexibility index (Phi) is 5.06. The van der Waals surface area contributed by atoms with Gasteiger partial charge in [0.1, 0.15) is 0 Å². The smallest absolute Gasteiger partial charge is 0.228 e. The molecule has 148 valence electrons. The van der Waals surface area contributed by atoms with Gasteiger partial charge < -0.3 is 9.80 Å². The molecule has 6 heteroatoms. The normalized spacial score (nSPS) is 21.4. The van der Waals surface area contributed by atoms with Gasteiger partial charge in [-0.3, -0.25) is 9.69 Å². The van der Waals surface area contributed by atoms with E-state index >= 15 is 0 Å². The predicted octanol–water partition coefficient (Wildman–Crippen LogP) is 2.70. The summed E-state index contributed by atoms with van der Waals surface area (Å²) >= 11 is 0. The summed E-state index contributed by atoms with van der Waals surface area (Å²) < 4.78 is 0.